The van der Waals surface area contributed by atoms with Crippen LogP contribution in [0.5, 0.6) is 0 Å². The summed E-state index contributed by atoms with van der Waals surface area (Å²) in [5, 5.41) is 9.01. The van der Waals surface area contributed by atoms with Gasteiger partial charge in [-0.15, -0.1) is 0 Å². The third-order valence-corrected chi connectivity index (χ3v) is 4.86. The molecule has 144 valence electrons. The quantitative estimate of drug-likeness (QED) is 0.533. The lowest BCUT2D eigenvalue weighted by Gasteiger charge is -2.25. The molecule has 2 aromatic carbocycles. The van der Waals surface area contributed by atoms with Crippen LogP contribution in [0.25, 0.3) is 0 Å². The maximum absolute atomic E-state index is 9.01. The lowest BCUT2D eigenvalue weighted by molar-refractivity contribution is 0.222. The van der Waals surface area contributed by atoms with Gasteiger partial charge in [0.25, 0.3) is 0 Å². The van der Waals surface area contributed by atoms with Gasteiger partial charge in [0.05, 0.1) is 11.6 Å². The van der Waals surface area contributed by atoms with Crippen LogP contribution in [0.1, 0.15) is 41.8 Å². The van der Waals surface area contributed by atoms with Crippen molar-refractivity contribution in [2.24, 2.45) is 5.92 Å². The van der Waals surface area contributed by atoms with E-state index in [1.165, 1.54) is 22.4 Å². The highest BCUT2D eigenvalue weighted by Gasteiger charge is 2.12. The minimum Gasteiger partial charge on any atom is -0.346 e. The molecule has 0 unspecified atom stereocenters. The molecule has 0 aliphatic rings. The third kappa shape index (κ3) is 5.58. The summed E-state index contributed by atoms with van der Waals surface area (Å²) in [5.41, 5.74) is 5.92. The van der Waals surface area contributed by atoms with Crippen molar-refractivity contribution in [1.82, 2.24) is 9.47 Å². The fourth-order valence-electron chi connectivity index (χ4n) is 3.63. The van der Waals surface area contributed by atoms with Crippen LogP contribution in [-0.4, -0.2) is 16.0 Å². The largest absolute Gasteiger partial charge is 0.346 e. The van der Waals surface area contributed by atoms with Crippen LogP contribution in [0.3, 0.4) is 0 Å². The van der Waals surface area contributed by atoms with Crippen molar-refractivity contribution < 1.29 is 0 Å². The summed E-state index contributed by atoms with van der Waals surface area (Å²) < 4.78 is 2.35. The van der Waals surface area contributed by atoms with E-state index in [0.29, 0.717) is 11.5 Å². The summed E-state index contributed by atoms with van der Waals surface area (Å²) in [6.45, 7) is 10.4. The van der Waals surface area contributed by atoms with E-state index in [-0.39, 0.29) is 0 Å². The van der Waals surface area contributed by atoms with Crippen LogP contribution in [-0.2, 0) is 19.6 Å². The van der Waals surface area contributed by atoms with Crippen LogP contribution in [0, 0.1) is 24.2 Å². The first-order valence-corrected chi connectivity index (χ1v) is 9.94. The zero-order valence-corrected chi connectivity index (χ0v) is 17.1. The van der Waals surface area contributed by atoms with E-state index in [4.69, 9.17) is 5.26 Å². The van der Waals surface area contributed by atoms with Gasteiger partial charge in [-0.3, -0.25) is 4.90 Å². The molecular formula is C25H29N3. The Morgan fingerprint density at radius 2 is 1.75 bits per heavy atom. The van der Waals surface area contributed by atoms with Gasteiger partial charge in [0.1, 0.15) is 0 Å². The van der Waals surface area contributed by atoms with Crippen LogP contribution in [0.15, 0.2) is 66.9 Å². The Balaban J connectivity index is 1.74. The second-order valence-electron chi connectivity index (χ2n) is 7.99. The first-order chi connectivity index (χ1) is 13.5. The smallest absolute Gasteiger partial charge is 0.0991 e. The van der Waals surface area contributed by atoms with Crippen molar-refractivity contribution in [1.29, 1.82) is 5.26 Å². The highest BCUT2D eigenvalue weighted by molar-refractivity contribution is 5.31. The van der Waals surface area contributed by atoms with Gasteiger partial charge in [-0.05, 0) is 48.2 Å². The fourth-order valence-corrected chi connectivity index (χ4v) is 3.63. The molecule has 0 fully saturated rings. The highest BCUT2D eigenvalue weighted by Crippen LogP contribution is 2.16. The summed E-state index contributed by atoms with van der Waals surface area (Å²) >= 11 is 0. The lowest BCUT2D eigenvalue weighted by Crippen LogP contribution is -2.28. The van der Waals surface area contributed by atoms with E-state index < -0.39 is 0 Å². The summed E-state index contributed by atoms with van der Waals surface area (Å²) in [4.78, 5) is 2.49. The normalized spacial score (nSPS) is 11.1. The van der Waals surface area contributed by atoms with Gasteiger partial charge in [0, 0.05) is 38.1 Å². The van der Waals surface area contributed by atoms with Crippen molar-refractivity contribution in [2.75, 3.05) is 6.54 Å². The molecule has 0 atom stereocenters. The lowest BCUT2D eigenvalue weighted by atomic mass is 10.1. The van der Waals surface area contributed by atoms with E-state index in [9.17, 15) is 0 Å². The second-order valence-corrected chi connectivity index (χ2v) is 7.99. The molecule has 28 heavy (non-hydrogen) atoms. The summed E-state index contributed by atoms with van der Waals surface area (Å²) in [5.74, 6) is 0.596. The number of hydrogen-bond acceptors (Lipinski definition) is 2. The van der Waals surface area contributed by atoms with Gasteiger partial charge in [0.2, 0.25) is 0 Å². The predicted molar refractivity (Wildman–Crippen MR) is 115 cm³/mol. The van der Waals surface area contributed by atoms with E-state index in [1.54, 1.807) is 0 Å². The Morgan fingerprint density at radius 3 is 2.43 bits per heavy atom. The predicted octanol–water partition coefficient (Wildman–Crippen LogP) is 5.37. The molecular weight excluding hydrogens is 342 g/mol. The van der Waals surface area contributed by atoms with Crippen molar-refractivity contribution in [3.63, 3.8) is 0 Å². The third-order valence-electron chi connectivity index (χ3n) is 4.86. The first-order valence-electron chi connectivity index (χ1n) is 9.94. The average molecular weight is 372 g/mol. The number of rotatable bonds is 8. The van der Waals surface area contributed by atoms with Gasteiger partial charge >= 0.3 is 0 Å². The number of hydrogen-bond donors (Lipinski definition) is 0. The van der Waals surface area contributed by atoms with Gasteiger partial charge in [0.15, 0.2) is 0 Å². The Kier molecular flexibility index (Phi) is 6.68. The Hall–Kier alpha value is -2.83. The van der Waals surface area contributed by atoms with Crippen LogP contribution in [0.4, 0.5) is 0 Å². The zero-order chi connectivity index (χ0) is 19.9. The standard InChI is InChI=1S/C25H29N3/c1-20(2)16-27(17-23-11-9-22(15-26)10-12-23)19-25-8-5-13-28(25)18-24-7-4-6-21(3)14-24/h4-14,20H,16-19H2,1-3H3. The van der Waals surface area contributed by atoms with Crippen molar-refractivity contribution >= 4 is 0 Å². The van der Waals surface area contributed by atoms with E-state index in [2.05, 4.69) is 91.0 Å². The highest BCUT2D eigenvalue weighted by atomic mass is 15.1. The molecule has 3 rings (SSSR count). The Labute approximate surface area is 168 Å². The number of aromatic nitrogens is 1. The summed E-state index contributed by atoms with van der Waals surface area (Å²) in [6.07, 6.45) is 2.17. The fraction of sp³-hybridized carbons (Fsp3) is 0.320. The second kappa shape index (κ2) is 9.39. The van der Waals surface area contributed by atoms with Crippen LogP contribution >= 0.6 is 0 Å². The maximum Gasteiger partial charge on any atom is 0.0991 e. The molecule has 0 saturated heterocycles. The molecule has 3 aromatic rings. The van der Waals surface area contributed by atoms with Gasteiger partial charge in [-0.1, -0.05) is 55.8 Å². The van der Waals surface area contributed by atoms with Gasteiger partial charge in [-0.2, -0.15) is 5.26 Å². The van der Waals surface area contributed by atoms with E-state index in [1.807, 2.05) is 12.1 Å². The molecule has 0 spiro atoms. The monoisotopic (exact) mass is 371 g/mol. The van der Waals surface area contributed by atoms with E-state index in [0.717, 1.165) is 26.2 Å². The van der Waals surface area contributed by atoms with Crippen molar-refractivity contribution in [3.05, 3.63) is 94.8 Å². The topological polar surface area (TPSA) is 32.0 Å². The molecule has 1 aromatic heterocycles. The number of aryl methyl sites for hydroxylation is 1. The van der Waals surface area contributed by atoms with E-state index >= 15 is 0 Å². The Morgan fingerprint density at radius 1 is 0.964 bits per heavy atom. The zero-order valence-electron chi connectivity index (χ0n) is 17.1. The number of nitrogens with zero attached hydrogens (tertiary/aromatic N) is 3. The summed E-state index contributed by atoms with van der Waals surface area (Å²) in [6, 6.07) is 23.2. The summed E-state index contributed by atoms with van der Waals surface area (Å²) in [7, 11) is 0. The molecule has 0 N–H and O–H groups in total. The first kappa shape index (κ1) is 19.9. The Bertz CT molecular complexity index is 929. The maximum atomic E-state index is 9.01. The number of benzene rings is 2. The molecule has 0 radical (unpaired) electrons. The van der Waals surface area contributed by atoms with Crippen molar-refractivity contribution in [2.45, 2.75) is 40.4 Å². The van der Waals surface area contributed by atoms with Gasteiger partial charge in [-0.25, -0.2) is 0 Å². The van der Waals surface area contributed by atoms with Crippen LogP contribution < -0.4 is 0 Å². The minimum atomic E-state index is 0.596. The molecule has 0 aliphatic heterocycles. The van der Waals surface area contributed by atoms with Crippen LogP contribution in [0.2, 0.25) is 0 Å². The van der Waals surface area contributed by atoms with Crippen molar-refractivity contribution in [3.8, 4) is 6.07 Å². The average Bonchev–Trinajstić information content (AvgIpc) is 3.08. The molecule has 1 heterocycles. The van der Waals surface area contributed by atoms with Gasteiger partial charge < -0.3 is 4.57 Å². The molecule has 0 amide bonds. The molecule has 0 saturated carbocycles. The molecule has 3 heteroatoms. The molecule has 3 nitrogen and oxygen atoms in total. The SMILES string of the molecule is Cc1cccc(Cn2cccc2CN(Cc2ccc(C#N)cc2)CC(C)C)c1. The molecule has 0 bridgehead atoms. The molecule has 0 aliphatic carbocycles. The minimum absolute atomic E-state index is 0.596. The number of nitriles is 1.